The van der Waals surface area contributed by atoms with E-state index in [-0.39, 0.29) is 0 Å². The van der Waals surface area contributed by atoms with Crippen LogP contribution in [0.15, 0.2) is 169 Å². The molecule has 8 aromatic rings. The monoisotopic (exact) mass is 755 g/mol. The molecule has 2 heterocycles. The van der Waals surface area contributed by atoms with Gasteiger partial charge in [0.05, 0.1) is 11.4 Å². The van der Waals surface area contributed by atoms with Gasteiger partial charge in [-0.2, -0.15) is 0 Å². The molecule has 3 nitrogen and oxygen atoms in total. The number of hydrogen-bond donors (Lipinski definition) is 0. The molecule has 0 unspecified atom stereocenters. The Bertz CT molecular complexity index is 3150. The van der Waals surface area contributed by atoms with Crippen molar-refractivity contribution in [3.63, 3.8) is 0 Å². The van der Waals surface area contributed by atoms with E-state index in [9.17, 15) is 0 Å². The summed E-state index contributed by atoms with van der Waals surface area (Å²) in [5.41, 5.74) is 22.5. The normalized spacial score (nSPS) is 14.4. The molecule has 0 saturated heterocycles. The molecule has 2 aromatic heterocycles. The Hall–Kier alpha value is -7.19. The third-order valence-electron chi connectivity index (χ3n) is 12.2. The lowest BCUT2D eigenvalue weighted by Gasteiger charge is -2.23. The zero-order chi connectivity index (χ0) is 39.3. The molecule has 3 aliphatic rings. The molecule has 6 aromatic carbocycles. The summed E-state index contributed by atoms with van der Waals surface area (Å²) in [6.07, 6.45) is 20.2. The van der Waals surface area contributed by atoms with E-state index in [1.54, 1.807) is 0 Å². The second-order valence-corrected chi connectivity index (χ2v) is 16.0. The Labute approximate surface area is 345 Å². The van der Waals surface area contributed by atoms with Crippen LogP contribution in [0.25, 0.3) is 89.7 Å². The first kappa shape index (κ1) is 35.0. The summed E-state index contributed by atoms with van der Waals surface area (Å²) in [6, 6.07) is 46.1. The van der Waals surface area contributed by atoms with Crippen molar-refractivity contribution in [2.75, 3.05) is 0 Å². The smallest absolute Gasteiger partial charge is 0.160 e. The van der Waals surface area contributed by atoms with E-state index in [1.807, 2.05) is 18.5 Å². The minimum Gasteiger partial charge on any atom is -0.264 e. The van der Waals surface area contributed by atoms with E-state index in [2.05, 4.69) is 169 Å². The van der Waals surface area contributed by atoms with E-state index in [0.717, 1.165) is 76.9 Å². The molecule has 0 fully saturated rings. The molecule has 11 rings (SSSR count). The largest absolute Gasteiger partial charge is 0.264 e. The number of fused-ring (bicyclic) bond motifs is 7. The fourth-order valence-corrected chi connectivity index (χ4v) is 9.18. The third kappa shape index (κ3) is 6.56. The average molecular weight is 756 g/mol. The van der Waals surface area contributed by atoms with E-state index < -0.39 is 0 Å². The molecule has 59 heavy (non-hydrogen) atoms. The summed E-state index contributed by atoms with van der Waals surface area (Å²) in [4.78, 5) is 15.0. The van der Waals surface area contributed by atoms with Gasteiger partial charge in [0.1, 0.15) is 0 Å². The number of aryl methyl sites for hydroxylation is 1. The van der Waals surface area contributed by atoms with Crippen molar-refractivity contribution in [2.45, 2.75) is 39.0 Å². The number of allylic oxidation sites excluding steroid dienone is 6. The van der Waals surface area contributed by atoms with Gasteiger partial charge < -0.3 is 0 Å². The van der Waals surface area contributed by atoms with Gasteiger partial charge in [-0.3, -0.25) is 4.98 Å². The lowest BCUT2D eigenvalue weighted by molar-refractivity contribution is 0.991. The SMILES string of the molecule is CC1=C=Cc2c3c(c4cc(-c5cccc(-c6nc(C7=CCCC(c8ccc9ccccc9c8)=C7)cc(-c7ccc(-c8cccnc8)cc7)n6)c5)ccc4c2C1)CCC=C3. The highest BCUT2D eigenvalue weighted by Gasteiger charge is 2.21. The van der Waals surface area contributed by atoms with Gasteiger partial charge in [-0.05, 0) is 163 Å². The van der Waals surface area contributed by atoms with Crippen molar-refractivity contribution in [3.8, 4) is 44.9 Å². The number of hydrogen-bond acceptors (Lipinski definition) is 3. The van der Waals surface area contributed by atoms with Gasteiger partial charge in [0.15, 0.2) is 5.82 Å². The summed E-state index contributed by atoms with van der Waals surface area (Å²) in [7, 11) is 0. The van der Waals surface area contributed by atoms with Gasteiger partial charge in [0, 0.05) is 29.9 Å². The number of nitrogens with zero attached hydrogens (tertiary/aromatic N) is 3. The van der Waals surface area contributed by atoms with Crippen LogP contribution in [0.2, 0.25) is 0 Å². The van der Waals surface area contributed by atoms with Crippen LogP contribution in [0.1, 0.15) is 59.7 Å². The highest BCUT2D eigenvalue weighted by molar-refractivity contribution is 5.99. The zero-order valence-corrected chi connectivity index (χ0v) is 33.0. The highest BCUT2D eigenvalue weighted by Crippen LogP contribution is 2.40. The maximum atomic E-state index is 5.34. The maximum Gasteiger partial charge on any atom is 0.160 e. The van der Waals surface area contributed by atoms with Crippen LogP contribution >= 0.6 is 0 Å². The van der Waals surface area contributed by atoms with Gasteiger partial charge in [-0.1, -0.05) is 115 Å². The Morgan fingerprint density at radius 3 is 2.25 bits per heavy atom. The second-order valence-electron chi connectivity index (χ2n) is 16.0. The molecule has 0 spiro atoms. The number of rotatable bonds is 6. The van der Waals surface area contributed by atoms with E-state index in [1.165, 1.54) is 66.1 Å². The average Bonchev–Trinajstić information content (AvgIpc) is 3.31. The van der Waals surface area contributed by atoms with Gasteiger partial charge in [-0.15, -0.1) is 5.73 Å². The van der Waals surface area contributed by atoms with Crippen molar-refractivity contribution in [1.29, 1.82) is 0 Å². The Morgan fingerprint density at radius 2 is 1.36 bits per heavy atom. The molecule has 0 aliphatic heterocycles. The first-order chi connectivity index (χ1) is 29.1. The highest BCUT2D eigenvalue weighted by atomic mass is 14.9. The predicted molar refractivity (Wildman–Crippen MR) is 246 cm³/mol. The Morgan fingerprint density at radius 1 is 0.559 bits per heavy atom. The van der Waals surface area contributed by atoms with Crippen molar-refractivity contribution in [1.82, 2.24) is 15.0 Å². The van der Waals surface area contributed by atoms with Crippen molar-refractivity contribution in [3.05, 3.63) is 203 Å². The van der Waals surface area contributed by atoms with Crippen LogP contribution in [0.4, 0.5) is 0 Å². The first-order valence-electron chi connectivity index (χ1n) is 20.7. The van der Waals surface area contributed by atoms with Crippen LogP contribution in [0, 0.1) is 0 Å². The summed E-state index contributed by atoms with van der Waals surface area (Å²) in [6.45, 7) is 2.19. The van der Waals surface area contributed by atoms with E-state index >= 15 is 0 Å². The van der Waals surface area contributed by atoms with Crippen LogP contribution in [-0.4, -0.2) is 15.0 Å². The number of benzene rings is 6. The topological polar surface area (TPSA) is 38.7 Å². The molecule has 0 N–H and O–H groups in total. The fourth-order valence-electron chi connectivity index (χ4n) is 9.18. The third-order valence-corrected chi connectivity index (χ3v) is 12.2. The van der Waals surface area contributed by atoms with Crippen LogP contribution < -0.4 is 0 Å². The van der Waals surface area contributed by atoms with Gasteiger partial charge in [0.2, 0.25) is 0 Å². The van der Waals surface area contributed by atoms with Gasteiger partial charge in [-0.25, -0.2) is 9.97 Å². The molecular weight excluding hydrogens is 715 g/mol. The summed E-state index contributed by atoms with van der Waals surface area (Å²) in [5, 5.41) is 5.24. The molecule has 0 radical (unpaired) electrons. The number of pyridine rings is 1. The van der Waals surface area contributed by atoms with Crippen molar-refractivity contribution < 1.29 is 0 Å². The van der Waals surface area contributed by atoms with Crippen molar-refractivity contribution >= 4 is 44.8 Å². The molecular formula is C56H41N3. The van der Waals surface area contributed by atoms with Crippen LogP contribution in [-0.2, 0) is 12.8 Å². The standard InChI is InChI=1S/C56H41N3/c1-36-18-26-50-48-16-4-5-17-49(48)53-33-44(25-27-51(53)52(50)29-36)42-12-7-14-46(32-42)56-58-54(39-22-19-38(20-23-39)47-15-8-28-57-35-47)34-55(59-56)45-13-6-11-41(31-45)43-24-21-37-9-2-3-10-40(37)30-43/h2-4,7-10,12-16,19-28,30-35H,5-6,11,17,29H2,1H3. The molecule has 0 atom stereocenters. The lowest BCUT2D eigenvalue weighted by Crippen LogP contribution is -2.05. The lowest BCUT2D eigenvalue weighted by atomic mass is 9.81. The fraction of sp³-hybridized carbons (Fsp3) is 0.107. The quantitative estimate of drug-likeness (QED) is 0.159. The second kappa shape index (κ2) is 14.6. The minimum atomic E-state index is 0.717. The summed E-state index contributed by atoms with van der Waals surface area (Å²) in [5.74, 6) is 0.717. The molecule has 0 bridgehead atoms. The van der Waals surface area contributed by atoms with Crippen molar-refractivity contribution in [2.24, 2.45) is 0 Å². The number of aromatic nitrogens is 3. The zero-order valence-electron chi connectivity index (χ0n) is 33.0. The Balaban J connectivity index is 1.01. The molecule has 280 valence electrons. The predicted octanol–water partition coefficient (Wildman–Crippen LogP) is 14.2. The molecule has 0 amide bonds. The molecule has 3 heteroatoms. The van der Waals surface area contributed by atoms with E-state index in [4.69, 9.17) is 9.97 Å². The van der Waals surface area contributed by atoms with E-state index in [0.29, 0.717) is 5.82 Å². The summed E-state index contributed by atoms with van der Waals surface area (Å²) >= 11 is 0. The van der Waals surface area contributed by atoms with Crippen LogP contribution in [0.5, 0.6) is 0 Å². The van der Waals surface area contributed by atoms with Crippen LogP contribution in [0.3, 0.4) is 0 Å². The minimum absolute atomic E-state index is 0.717. The maximum absolute atomic E-state index is 5.34. The Kier molecular flexibility index (Phi) is 8.68. The first-order valence-corrected chi connectivity index (χ1v) is 20.7. The molecule has 0 saturated carbocycles. The summed E-state index contributed by atoms with van der Waals surface area (Å²) < 4.78 is 0. The van der Waals surface area contributed by atoms with Gasteiger partial charge in [0.25, 0.3) is 0 Å². The van der Waals surface area contributed by atoms with Gasteiger partial charge >= 0.3 is 0 Å². The molecule has 3 aliphatic carbocycles.